The number of rotatable bonds is 1. The number of hydrogen-bond acceptors (Lipinski definition) is 1. The summed E-state index contributed by atoms with van der Waals surface area (Å²) in [6.45, 7) is 7.79. The van der Waals surface area contributed by atoms with Crippen molar-refractivity contribution < 1.29 is 0 Å². The van der Waals surface area contributed by atoms with Crippen LogP contribution in [0.15, 0.2) is 23.9 Å². The second-order valence-corrected chi connectivity index (χ2v) is 4.26. The molecule has 0 aromatic carbocycles. The van der Waals surface area contributed by atoms with Gasteiger partial charge in [0.25, 0.3) is 0 Å². The van der Waals surface area contributed by atoms with E-state index in [0.29, 0.717) is 5.41 Å². The van der Waals surface area contributed by atoms with Gasteiger partial charge in [0.2, 0.25) is 0 Å². The Hall–Kier alpha value is -0.720. The van der Waals surface area contributed by atoms with Gasteiger partial charge in [-0.3, -0.25) is 0 Å². The molecular weight excluding hydrogens is 134 g/mol. The highest BCUT2D eigenvalue weighted by atomic mass is 14.8. The van der Waals surface area contributed by atoms with Crippen LogP contribution in [-0.2, 0) is 0 Å². The summed E-state index contributed by atoms with van der Waals surface area (Å²) in [6, 6.07) is 0. The van der Waals surface area contributed by atoms with Gasteiger partial charge in [0.15, 0.2) is 0 Å². The summed E-state index contributed by atoms with van der Waals surface area (Å²) in [5.74, 6) is 0. The van der Waals surface area contributed by atoms with E-state index in [4.69, 9.17) is 0 Å². The lowest BCUT2D eigenvalue weighted by molar-refractivity contribution is 0.412. The normalized spacial score (nSPS) is 17.5. The molecule has 0 saturated heterocycles. The SMILES string of the molecule is CC(C)(C)CC1=CCNC=C1. The summed E-state index contributed by atoms with van der Waals surface area (Å²) in [6.07, 6.45) is 7.62. The zero-order valence-corrected chi connectivity index (χ0v) is 7.65. The molecule has 1 heteroatoms. The standard InChI is InChI=1S/C10H17N/c1-10(2,3)8-9-4-6-11-7-5-9/h4-6,11H,7-8H2,1-3H3. The fourth-order valence-electron chi connectivity index (χ4n) is 1.24. The van der Waals surface area contributed by atoms with Gasteiger partial charge < -0.3 is 5.32 Å². The zero-order valence-electron chi connectivity index (χ0n) is 7.65. The van der Waals surface area contributed by atoms with Gasteiger partial charge in [0, 0.05) is 6.54 Å². The molecule has 0 radical (unpaired) electrons. The Labute approximate surface area is 69.2 Å². The van der Waals surface area contributed by atoms with Gasteiger partial charge in [-0.15, -0.1) is 0 Å². The molecule has 0 aromatic heterocycles. The number of nitrogens with one attached hydrogen (secondary N) is 1. The minimum absolute atomic E-state index is 0.410. The van der Waals surface area contributed by atoms with Crippen LogP contribution in [0.1, 0.15) is 27.2 Å². The van der Waals surface area contributed by atoms with Crippen molar-refractivity contribution in [2.24, 2.45) is 5.41 Å². The molecule has 1 N–H and O–H groups in total. The van der Waals surface area contributed by atoms with Gasteiger partial charge in [0.1, 0.15) is 0 Å². The molecule has 1 nitrogen and oxygen atoms in total. The van der Waals surface area contributed by atoms with E-state index in [1.165, 1.54) is 12.0 Å². The largest absolute Gasteiger partial charge is 0.387 e. The molecule has 0 saturated carbocycles. The molecule has 62 valence electrons. The van der Waals surface area contributed by atoms with Crippen LogP contribution in [0.5, 0.6) is 0 Å². The Morgan fingerprint density at radius 2 is 2.18 bits per heavy atom. The highest BCUT2D eigenvalue weighted by Gasteiger charge is 2.11. The van der Waals surface area contributed by atoms with E-state index < -0.39 is 0 Å². The van der Waals surface area contributed by atoms with Crippen LogP contribution in [-0.4, -0.2) is 6.54 Å². The minimum Gasteiger partial charge on any atom is -0.387 e. The average Bonchev–Trinajstić information content (AvgIpc) is 1.85. The maximum Gasteiger partial charge on any atom is 0.0331 e. The molecule has 1 rings (SSSR count). The molecule has 1 aliphatic heterocycles. The van der Waals surface area contributed by atoms with Gasteiger partial charge in [-0.25, -0.2) is 0 Å². The van der Waals surface area contributed by atoms with Crippen molar-refractivity contribution in [3.63, 3.8) is 0 Å². The van der Waals surface area contributed by atoms with Gasteiger partial charge in [-0.05, 0) is 29.7 Å². The Balaban J connectivity index is 2.49. The van der Waals surface area contributed by atoms with Crippen molar-refractivity contribution in [2.45, 2.75) is 27.2 Å². The topological polar surface area (TPSA) is 12.0 Å². The lowest BCUT2D eigenvalue weighted by atomic mass is 9.87. The van der Waals surface area contributed by atoms with Crippen molar-refractivity contribution in [1.29, 1.82) is 0 Å². The van der Waals surface area contributed by atoms with Gasteiger partial charge in [-0.2, -0.15) is 0 Å². The first-order valence-electron chi connectivity index (χ1n) is 4.17. The number of hydrogen-bond donors (Lipinski definition) is 1. The predicted octanol–water partition coefficient (Wildman–Crippen LogP) is 2.47. The summed E-state index contributed by atoms with van der Waals surface area (Å²) < 4.78 is 0. The van der Waals surface area contributed by atoms with Crippen LogP contribution >= 0.6 is 0 Å². The zero-order chi connectivity index (χ0) is 8.32. The van der Waals surface area contributed by atoms with Gasteiger partial charge in [0.05, 0.1) is 0 Å². The summed E-state index contributed by atoms with van der Waals surface area (Å²) in [5.41, 5.74) is 1.87. The summed E-state index contributed by atoms with van der Waals surface area (Å²) in [7, 11) is 0. The molecule has 0 aromatic rings. The van der Waals surface area contributed by atoms with Crippen molar-refractivity contribution in [1.82, 2.24) is 5.32 Å². The Morgan fingerprint density at radius 1 is 1.45 bits per heavy atom. The first-order chi connectivity index (χ1) is 5.08. The van der Waals surface area contributed by atoms with Crippen LogP contribution < -0.4 is 5.32 Å². The van der Waals surface area contributed by atoms with Gasteiger partial charge in [-0.1, -0.05) is 26.8 Å². The third-order valence-corrected chi connectivity index (χ3v) is 1.63. The minimum atomic E-state index is 0.410. The van der Waals surface area contributed by atoms with E-state index >= 15 is 0 Å². The quantitative estimate of drug-likeness (QED) is 0.607. The smallest absolute Gasteiger partial charge is 0.0331 e. The monoisotopic (exact) mass is 151 g/mol. The molecule has 11 heavy (non-hydrogen) atoms. The third kappa shape index (κ3) is 3.26. The van der Waals surface area contributed by atoms with Gasteiger partial charge >= 0.3 is 0 Å². The van der Waals surface area contributed by atoms with Crippen molar-refractivity contribution >= 4 is 0 Å². The molecule has 0 atom stereocenters. The lowest BCUT2D eigenvalue weighted by Gasteiger charge is -2.20. The van der Waals surface area contributed by atoms with Crippen molar-refractivity contribution in [3.05, 3.63) is 23.9 Å². The van der Waals surface area contributed by atoms with Crippen LogP contribution in [0.2, 0.25) is 0 Å². The first-order valence-corrected chi connectivity index (χ1v) is 4.17. The Kier molecular flexibility index (Phi) is 2.38. The molecule has 0 fully saturated rings. The Morgan fingerprint density at radius 3 is 2.64 bits per heavy atom. The lowest BCUT2D eigenvalue weighted by Crippen LogP contribution is -2.12. The maximum absolute atomic E-state index is 3.14. The van der Waals surface area contributed by atoms with Crippen LogP contribution in [0.3, 0.4) is 0 Å². The van der Waals surface area contributed by atoms with Crippen molar-refractivity contribution in [2.75, 3.05) is 6.54 Å². The fourth-order valence-corrected chi connectivity index (χ4v) is 1.24. The molecule has 0 aliphatic carbocycles. The number of allylic oxidation sites excluding steroid dienone is 2. The molecule has 1 aliphatic rings. The number of dihydropyridines is 1. The van der Waals surface area contributed by atoms with Crippen LogP contribution in [0, 0.1) is 5.41 Å². The molecule has 0 spiro atoms. The van der Waals surface area contributed by atoms with Crippen LogP contribution in [0.25, 0.3) is 0 Å². The van der Waals surface area contributed by atoms with E-state index in [9.17, 15) is 0 Å². The second kappa shape index (κ2) is 3.12. The van der Waals surface area contributed by atoms with E-state index in [1.54, 1.807) is 0 Å². The second-order valence-electron chi connectivity index (χ2n) is 4.26. The summed E-state index contributed by atoms with van der Waals surface area (Å²) in [5, 5.41) is 3.14. The summed E-state index contributed by atoms with van der Waals surface area (Å²) >= 11 is 0. The first kappa shape index (κ1) is 8.38. The molecular formula is C10H17N. The van der Waals surface area contributed by atoms with E-state index in [0.717, 1.165) is 6.54 Å². The highest BCUT2D eigenvalue weighted by Crippen LogP contribution is 2.24. The third-order valence-electron chi connectivity index (χ3n) is 1.63. The average molecular weight is 151 g/mol. The van der Waals surface area contributed by atoms with Crippen molar-refractivity contribution in [3.8, 4) is 0 Å². The molecule has 0 unspecified atom stereocenters. The fraction of sp³-hybridized carbons (Fsp3) is 0.600. The highest BCUT2D eigenvalue weighted by molar-refractivity contribution is 5.22. The van der Waals surface area contributed by atoms with E-state index in [-0.39, 0.29) is 0 Å². The predicted molar refractivity (Wildman–Crippen MR) is 49.3 cm³/mol. The summed E-state index contributed by atoms with van der Waals surface area (Å²) in [4.78, 5) is 0. The molecule has 1 heterocycles. The van der Waals surface area contributed by atoms with E-state index in [2.05, 4.69) is 38.2 Å². The van der Waals surface area contributed by atoms with Crippen LogP contribution in [0.4, 0.5) is 0 Å². The molecule has 0 bridgehead atoms. The maximum atomic E-state index is 3.14. The van der Waals surface area contributed by atoms with E-state index in [1.807, 2.05) is 6.20 Å². The Bertz CT molecular complexity index is 182. The molecule has 0 amide bonds.